The molecule has 2 N–H and O–H groups in total. The van der Waals surface area contributed by atoms with Crippen molar-refractivity contribution in [3.05, 3.63) is 71.8 Å². The van der Waals surface area contributed by atoms with Crippen LogP contribution in [0.1, 0.15) is 15.9 Å². The number of anilines is 2. The van der Waals surface area contributed by atoms with Gasteiger partial charge in [-0.3, -0.25) is 4.79 Å². The lowest BCUT2D eigenvalue weighted by atomic mass is 10.2. The second kappa shape index (κ2) is 8.81. The Balaban J connectivity index is 1.66. The zero-order valence-electron chi connectivity index (χ0n) is 15.4. The van der Waals surface area contributed by atoms with Gasteiger partial charge in [0.05, 0.1) is 25.5 Å². The van der Waals surface area contributed by atoms with E-state index in [4.69, 9.17) is 9.47 Å². The zero-order valence-corrected chi connectivity index (χ0v) is 15.4. The fourth-order valence-corrected chi connectivity index (χ4v) is 2.46. The predicted molar refractivity (Wildman–Crippen MR) is 103 cm³/mol. The molecule has 3 aromatic rings. The van der Waals surface area contributed by atoms with Crippen molar-refractivity contribution in [1.29, 1.82) is 0 Å². The summed E-state index contributed by atoms with van der Waals surface area (Å²) >= 11 is 0. The van der Waals surface area contributed by atoms with E-state index >= 15 is 0 Å². The Labute approximate surface area is 161 Å². The second-order valence-corrected chi connectivity index (χ2v) is 5.76. The van der Waals surface area contributed by atoms with E-state index in [2.05, 4.69) is 20.6 Å². The van der Waals surface area contributed by atoms with Crippen LogP contribution in [0.25, 0.3) is 0 Å². The van der Waals surface area contributed by atoms with E-state index in [-0.39, 0.29) is 17.9 Å². The van der Waals surface area contributed by atoms with Crippen molar-refractivity contribution in [3.63, 3.8) is 0 Å². The van der Waals surface area contributed by atoms with Gasteiger partial charge >= 0.3 is 0 Å². The molecule has 1 amide bonds. The number of hydrogen-bond acceptors (Lipinski definition) is 6. The molecule has 144 valence electrons. The highest BCUT2D eigenvalue weighted by molar-refractivity contribution is 6.04. The smallest absolute Gasteiger partial charge is 0.258 e. The zero-order chi connectivity index (χ0) is 19.9. The highest BCUT2D eigenvalue weighted by atomic mass is 19.1. The lowest BCUT2D eigenvalue weighted by Crippen LogP contribution is -2.14. The number of nitrogens with one attached hydrogen (secondary N) is 2. The van der Waals surface area contributed by atoms with Gasteiger partial charge in [0, 0.05) is 30.6 Å². The minimum Gasteiger partial charge on any atom is -0.497 e. The summed E-state index contributed by atoms with van der Waals surface area (Å²) in [5.41, 5.74) is 1.23. The number of methoxy groups -OCH3 is 2. The third-order valence-electron chi connectivity index (χ3n) is 3.96. The lowest BCUT2D eigenvalue weighted by Gasteiger charge is -2.12. The molecule has 3 rings (SSSR count). The molecule has 0 atom stereocenters. The normalized spacial score (nSPS) is 10.2. The third kappa shape index (κ3) is 4.53. The molecule has 0 fully saturated rings. The summed E-state index contributed by atoms with van der Waals surface area (Å²) in [6.07, 6.45) is 2.78. The predicted octanol–water partition coefficient (Wildman–Crippen LogP) is 3.50. The van der Waals surface area contributed by atoms with Crippen LogP contribution in [0.3, 0.4) is 0 Å². The Hall–Kier alpha value is -3.68. The summed E-state index contributed by atoms with van der Waals surface area (Å²) < 4.78 is 24.0. The van der Waals surface area contributed by atoms with Gasteiger partial charge in [-0.05, 0) is 18.2 Å². The van der Waals surface area contributed by atoms with Gasteiger partial charge in [0.1, 0.15) is 17.3 Å². The first-order valence-corrected chi connectivity index (χ1v) is 8.43. The molecule has 0 aliphatic carbocycles. The van der Waals surface area contributed by atoms with E-state index in [1.807, 2.05) is 0 Å². The monoisotopic (exact) mass is 382 g/mol. The number of ether oxygens (including phenoxy) is 2. The van der Waals surface area contributed by atoms with Gasteiger partial charge in [0.2, 0.25) is 5.95 Å². The maximum absolute atomic E-state index is 13.6. The Bertz CT molecular complexity index is 964. The number of benzene rings is 2. The summed E-state index contributed by atoms with van der Waals surface area (Å²) in [7, 11) is 3.05. The van der Waals surface area contributed by atoms with Crippen LogP contribution in [0.4, 0.5) is 16.0 Å². The maximum Gasteiger partial charge on any atom is 0.258 e. The van der Waals surface area contributed by atoms with E-state index in [1.165, 1.54) is 32.7 Å². The molecule has 0 spiro atoms. The number of aromatic nitrogens is 2. The molecule has 0 bridgehead atoms. The van der Waals surface area contributed by atoms with Crippen molar-refractivity contribution in [2.45, 2.75) is 6.54 Å². The number of nitrogens with zero attached hydrogens (tertiary/aromatic N) is 2. The van der Waals surface area contributed by atoms with Crippen molar-refractivity contribution in [2.24, 2.45) is 0 Å². The molecule has 1 aromatic heterocycles. The minimum atomic E-state index is -0.396. The Morgan fingerprint density at radius 3 is 2.50 bits per heavy atom. The fourth-order valence-electron chi connectivity index (χ4n) is 2.46. The summed E-state index contributed by atoms with van der Waals surface area (Å²) in [4.78, 5) is 20.7. The van der Waals surface area contributed by atoms with Gasteiger partial charge in [-0.15, -0.1) is 0 Å². The van der Waals surface area contributed by atoms with Crippen molar-refractivity contribution in [1.82, 2.24) is 9.97 Å². The van der Waals surface area contributed by atoms with E-state index < -0.39 is 5.91 Å². The maximum atomic E-state index is 13.6. The van der Waals surface area contributed by atoms with Crippen molar-refractivity contribution < 1.29 is 18.7 Å². The van der Waals surface area contributed by atoms with Crippen LogP contribution < -0.4 is 20.1 Å². The number of carbonyl (C=O) groups excluding carboxylic acids is 1. The van der Waals surface area contributed by atoms with Crippen LogP contribution in [0.15, 0.2) is 54.9 Å². The summed E-state index contributed by atoms with van der Waals surface area (Å²) in [6, 6.07) is 11.5. The number of carbonyl (C=O) groups is 1. The van der Waals surface area contributed by atoms with Crippen LogP contribution in [0, 0.1) is 5.82 Å². The minimum absolute atomic E-state index is 0.235. The van der Waals surface area contributed by atoms with Gasteiger partial charge in [-0.25, -0.2) is 14.4 Å². The van der Waals surface area contributed by atoms with E-state index in [0.29, 0.717) is 28.7 Å². The first kappa shape index (κ1) is 19.1. The van der Waals surface area contributed by atoms with Crippen molar-refractivity contribution in [2.75, 3.05) is 24.9 Å². The Morgan fingerprint density at radius 2 is 1.82 bits per heavy atom. The van der Waals surface area contributed by atoms with Crippen molar-refractivity contribution in [3.8, 4) is 11.5 Å². The average Bonchev–Trinajstić information content (AvgIpc) is 2.73. The Morgan fingerprint density at radius 1 is 1.07 bits per heavy atom. The van der Waals surface area contributed by atoms with Crippen LogP contribution in [0.2, 0.25) is 0 Å². The molecule has 0 saturated heterocycles. The lowest BCUT2D eigenvalue weighted by molar-refractivity contribution is 0.102. The van der Waals surface area contributed by atoms with E-state index in [1.54, 1.807) is 36.4 Å². The van der Waals surface area contributed by atoms with E-state index in [0.717, 1.165) is 0 Å². The van der Waals surface area contributed by atoms with Gasteiger partial charge in [0.25, 0.3) is 5.91 Å². The molecule has 7 nitrogen and oxygen atoms in total. The molecule has 28 heavy (non-hydrogen) atoms. The quantitative estimate of drug-likeness (QED) is 0.651. The van der Waals surface area contributed by atoms with Crippen LogP contribution in [-0.2, 0) is 6.54 Å². The fraction of sp³-hybridized carbons (Fsp3) is 0.150. The van der Waals surface area contributed by atoms with Gasteiger partial charge in [-0.2, -0.15) is 0 Å². The van der Waals surface area contributed by atoms with Crippen molar-refractivity contribution >= 4 is 17.5 Å². The first-order chi connectivity index (χ1) is 13.6. The summed E-state index contributed by atoms with van der Waals surface area (Å²) in [6.45, 7) is 0.235. The molecule has 8 heteroatoms. The largest absolute Gasteiger partial charge is 0.497 e. The number of halogens is 1. The topological polar surface area (TPSA) is 85.4 Å². The standard InChI is InChI=1S/C20H19FN4O3/c1-27-15-7-8-18(28-2)17(9-15)25-19(26)14-11-23-20(24-12-14)22-10-13-5-3-4-6-16(13)21/h3-9,11-12H,10H2,1-2H3,(H,25,26)(H,22,23,24). The molecular weight excluding hydrogens is 363 g/mol. The molecule has 0 saturated carbocycles. The Kier molecular flexibility index (Phi) is 6.01. The van der Waals surface area contributed by atoms with Crippen LogP contribution in [0.5, 0.6) is 11.5 Å². The molecule has 0 unspecified atom stereocenters. The summed E-state index contributed by atoms with van der Waals surface area (Å²) in [5, 5.41) is 5.66. The van der Waals surface area contributed by atoms with Gasteiger partial charge in [-0.1, -0.05) is 18.2 Å². The highest BCUT2D eigenvalue weighted by Gasteiger charge is 2.12. The van der Waals surface area contributed by atoms with Crippen LogP contribution >= 0.6 is 0 Å². The molecule has 1 heterocycles. The van der Waals surface area contributed by atoms with Crippen LogP contribution in [-0.4, -0.2) is 30.1 Å². The van der Waals surface area contributed by atoms with Gasteiger partial charge in [0.15, 0.2) is 0 Å². The molecule has 0 aliphatic heterocycles. The molecular formula is C20H19FN4O3. The van der Waals surface area contributed by atoms with Gasteiger partial charge < -0.3 is 20.1 Å². The number of hydrogen-bond donors (Lipinski definition) is 2. The second-order valence-electron chi connectivity index (χ2n) is 5.76. The number of rotatable bonds is 7. The first-order valence-electron chi connectivity index (χ1n) is 8.43. The molecule has 0 radical (unpaired) electrons. The highest BCUT2D eigenvalue weighted by Crippen LogP contribution is 2.29. The summed E-state index contributed by atoms with van der Waals surface area (Å²) in [5.74, 6) is 0.669. The number of amides is 1. The average molecular weight is 382 g/mol. The molecule has 0 aliphatic rings. The third-order valence-corrected chi connectivity index (χ3v) is 3.96. The SMILES string of the molecule is COc1ccc(OC)c(NC(=O)c2cnc(NCc3ccccc3F)nc2)c1. The molecule has 2 aromatic carbocycles. The van der Waals surface area contributed by atoms with E-state index in [9.17, 15) is 9.18 Å².